The molecule has 0 saturated carbocycles. The Hall–Kier alpha value is -2.86. The summed E-state index contributed by atoms with van der Waals surface area (Å²) < 4.78 is 13.6. The quantitative estimate of drug-likeness (QED) is 0.675. The molecule has 146 valence electrons. The number of ether oxygens (including phenoxy) is 2. The highest BCUT2D eigenvalue weighted by atomic mass is 16.5. The predicted molar refractivity (Wildman–Crippen MR) is 109 cm³/mol. The lowest BCUT2D eigenvalue weighted by Crippen LogP contribution is -2.18. The van der Waals surface area contributed by atoms with Gasteiger partial charge in [0.25, 0.3) is 0 Å². The first-order chi connectivity index (χ1) is 13.7. The molecule has 0 radical (unpaired) electrons. The fraction of sp³-hybridized carbons (Fsp3) is 0.364. The van der Waals surface area contributed by atoms with Gasteiger partial charge in [0.15, 0.2) is 0 Å². The van der Waals surface area contributed by atoms with Gasteiger partial charge in [-0.3, -0.25) is 4.79 Å². The first kappa shape index (κ1) is 18.5. The number of aromatic nitrogens is 2. The molecule has 0 aliphatic carbocycles. The minimum atomic E-state index is -0.0506. The first-order valence-corrected chi connectivity index (χ1v) is 9.76. The largest absolute Gasteiger partial charge is 0.489 e. The standard InChI is InChI=1S/C22H25N3O3/c1-16-23-18-8-2-4-10-20(18)25(16)13-12-22(26)24-19-9-3-5-11-21(19)28-15-17-7-6-14-27-17/h2-5,8-11,17H,6-7,12-15H2,1H3,(H,24,26). The molecular weight excluding hydrogens is 354 g/mol. The van der Waals surface area contributed by atoms with Crippen LogP contribution in [0.25, 0.3) is 11.0 Å². The lowest BCUT2D eigenvalue weighted by molar-refractivity contribution is -0.116. The summed E-state index contributed by atoms with van der Waals surface area (Å²) in [6.07, 6.45) is 2.60. The fourth-order valence-corrected chi connectivity index (χ4v) is 3.56. The molecule has 1 unspecified atom stereocenters. The number of benzene rings is 2. The van der Waals surface area contributed by atoms with Gasteiger partial charge in [-0.1, -0.05) is 24.3 Å². The third-order valence-corrected chi connectivity index (χ3v) is 5.02. The van der Waals surface area contributed by atoms with Crippen molar-refractivity contribution in [3.8, 4) is 5.75 Å². The molecule has 0 bridgehead atoms. The molecule has 2 aromatic carbocycles. The van der Waals surface area contributed by atoms with Crippen LogP contribution in [0.1, 0.15) is 25.1 Å². The molecule has 1 N–H and O–H groups in total. The zero-order chi connectivity index (χ0) is 19.3. The number of amides is 1. The highest BCUT2D eigenvalue weighted by molar-refractivity contribution is 5.92. The number of anilines is 1. The summed E-state index contributed by atoms with van der Waals surface area (Å²) in [7, 11) is 0. The zero-order valence-electron chi connectivity index (χ0n) is 16.1. The lowest BCUT2D eigenvalue weighted by Gasteiger charge is -2.15. The SMILES string of the molecule is Cc1nc2ccccc2n1CCC(=O)Nc1ccccc1OCC1CCCO1. The van der Waals surface area contributed by atoms with E-state index in [1.807, 2.05) is 55.5 Å². The Morgan fingerprint density at radius 1 is 1.25 bits per heavy atom. The molecule has 1 aliphatic heterocycles. The lowest BCUT2D eigenvalue weighted by atomic mass is 10.2. The van der Waals surface area contributed by atoms with E-state index in [1.165, 1.54) is 0 Å². The van der Waals surface area contributed by atoms with Crippen LogP contribution < -0.4 is 10.1 Å². The molecule has 2 heterocycles. The third kappa shape index (κ3) is 4.17. The van der Waals surface area contributed by atoms with Gasteiger partial charge < -0.3 is 19.4 Å². The van der Waals surface area contributed by atoms with E-state index in [0.29, 0.717) is 31.0 Å². The van der Waals surface area contributed by atoms with Crippen LogP contribution in [0.15, 0.2) is 48.5 Å². The summed E-state index contributed by atoms with van der Waals surface area (Å²) >= 11 is 0. The van der Waals surface area contributed by atoms with Gasteiger partial charge in [0.05, 0.1) is 22.8 Å². The van der Waals surface area contributed by atoms with Crippen LogP contribution >= 0.6 is 0 Å². The van der Waals surface area contributed by atoms with Crippen LogP contribution in [-0.4, -0.2) is 34.8 Å². The molecule has 6 nitrogen and oxygen atoms in total. The molecule has 1 fully saturated rings. The van der Waals surface area contributed by atoms with Crippen LogP contribution in [0.2, 0.25) is 0 Å². The Labute approximate surface area is 164 Å². The smallest absolute Gasteiger partial charge is 0.226 e. The molecule has 3 aromatic rings. The molecule has 1 atom stereocenters. The van der Waals surface area contributed by atoms with E-state index in [4.69, 9.17) is 9.47 Å². The number of nitrogens with zero attached hydrogens (tertiary/aromatic N) is 2. The summed E-state index contributed by atoms with van der Waals surface area (Å²) in [6.45, 7) is 3.85. The minimum absolute atomic E-state index is 0.0506. The van der Waals surface area contributed by atoms with E-state index >= 15 is 0 Å². The highest BCUT2D eigenvalue weighted by Gasteiger charge is 2.17. The molecule has 4 rings (SSSR count). The minimum Gasteiger partial charge on any atom is -0.489 e. The number of imidazole rings is 1. The molecule has 28 heavy (non-hydrogen) atoms. The molecular formula is C22H25N3O3. The third-order valence-electron chi connectivity index (χ3n) is 5.02. The predicted octanol–water partition coefficient (Wildman–Crippen LogP) is 3.93. The van der Waals surface area contributed by atoms with Gasteiger partial charge in [0, 0.05) is 19.6 Å². The van der Waals surface area contributed by atoms with E-state index in [2.05, 4.69) is 14.9 Å². The van der Waals surface area contributed by atoms with E-state index in [-0.39, 0.29) is 12.0 Å². The topological polar surface area (TPSA) is 65.4 Å². The number of fused-ring (bicyclic) bond motifs is 1. The van der Waals surface area contributed by atoms with Gasteiger partial charge in [0.1, 0.15) is 18.2 Å². The van der Waals surface area contributed by atoms with Crippen molar-refractivity contribution in [3.63, 3.8) is 0 Å². The zero-order valence-corrected chi connectivity index (χ0v) is 16.1. The number of carbonyl (C=O) groups is 1. The van der Waals surface area contributed by atoms with Crippen molar-refractivity contribution < 1.29 is 14.3 Å². The Morgan fingerprint density at radius 2 is 2.07 bits per heavy atom. The van der Waals surface area contributed by atoms with E-state index in [0.717, 1.165) is 36.3 Å². The number of nitrogens with one attached hydrogen (secondary N) is 1. The van der Waals surface area contributed by atoms with Crippen LogP contribution in [0.3, 0.4) is 0 Å². The van der Waals surface area contributed by atoms with Gasteiger partial charge in [-0.05, 0) is 44.0 Å². The second-order valence-electron chi connectivity index (χ2n) is 7.04. The molecule has 0 spiro atoms. The number of hydrogen-bond acceptors (Lipinski definition) is 4. The molecule has 1 aliphatic rings. The number of aryl methyl sites for hydroxylation is 2. The van der Waals surface area contributed by atoms with Gasteiger partial charge in [0.2, 0.25) is 5.91 Å². The van der Waals surface area contributed by atoms with Gasteiger partial charge in [-0.15, -0.1) is 0 Å². The van der Waals surface area contributed by atoms with Crippen molar-refractivity contribution in [3.05, 3.63) is 54.4 Å². The van der Waals surface area contributed by atoms with E-state index < -0.39 is 0 Å². The van der Waals surface area contributed by atoms with Crippen molar-refractivity contribution in [2.75, 3.05) is 18.5 Å². The fourth-order valence-electron chi connectivity index (χ4n) is 3.56. The van der Waals surface area contributed by atoms with E-state index in [9.17, 15) is 4.79 Å². The maximum atomic E-state index is 12.5. The number of para-hydroxylation sites is 4. The average molecular weight is 379 g/mol. The second kappa shape index (κ2) is 8.44. The summed E-state index contributed by atoms with van der Waals surface area (Å²) in [4.78, 5) is 17.1. The summed E-state index contributed by atoms with van der Waals surface area (Å²) in [5.74, 6) is 1.54. The van der Waals surface area contributed by atoms with Gasteiger partial charge >= 0.3 is 0 Å². The summed E-state index contributed by atoms with van der Waals surface area (Å²) in [5.41, 5.74) is 2.69. The molecule has 1 amide bonds. The van der Waals surface area contributed by atoms with Crippen molar-refractivity contribution in [1.29, 1.82) is 0 Å². The Kier molecular flexibility index (Phi) is 5.58. The van der Waals surface area contributed by atoms with Crippen molar-refractivity contribution >= 4 is 22.6 Å². The van der Waals surface area contributed by atoms with Crippen molar-refractivity contribution in [2.45, 2.75) is 38.8 Å². The monoisotopic (exact) mass is 379 g/mol. The Morgan fingerprint density at radius 3 is 2.93 bits per heavy atom. The second-order valence-corrected chi connectivity index (χ2v) is 7.04. The Bertz CT molecular complexity index is 961. The highest BCUT2D eigenvalue weighted by Crippen LogP contribution is 2.25. The number of carbonyl (C=O) groups excluding carboxylic acids is 1. The van der Waals surface area contributed by atoms with Crippen LogP contribution in [0, 0.1) is 6.92 Å². The average Bonchev–Trinajstić information content (AvgIpc) is 3.33. The number of hydrogen-bond donors (Lipinski definition) is 1. The van der Waals surface area contributed by atoms with E-state index in [1.54, 1.807) is 0 Å². The van der Waals surface area contributed by atoms with Crippen LogP contribution in [-0.2, 0) is 16.1 Å². The summed E-state index contributed by atoms with van der Waals surface area (Å²) in [6, 6.07) is 15.5. The van der Waals surface area contributed by atoms with Crippen LogP contribution in [0.5, 0.6) is 5.75 Å². The molecule has 6 heteroatoms. The first-order valence-electron chi connectivity index (χ1n) is 9.76. The van der Waals surface area contributed by atoms with Gasteiger partial charge in [-0.2, -0.15) is 0 Å². The number of rotatable bonds is 7. The van der Waals surface area contributed by atoms with Crippen LogP contribution in [0.4, 0.5) is 5.69 Å². The van der Waals surface area contributed by atoms with Crippen molar-refractivity contribution in [1.82, 2.24) is 9.55 Å². The summed E-state index contributed by atoms with van der Waals surface area (Å²) in [5, 5.41) is 2.98. The maximum absolute atomic E-state index is 12.5. The van der Waals surface area contributed by atoms with Gasteiger partial charge in [-0.25, -0.2) is 4.98 Å². The Balaban J connectivity index is 1.37. The molecule has 1 saturated heterocycles. The maximum Gasteiger partial charge on any atom is 0.226 e. The van der Waals surface area contributed by atoms with Crippen molar-refractivity contribution in [2.24, 2.45) is 0 Å². The normalized spacial score (nSPS) is 16.4. The molecule has 1 aromatic heterocycles.